The van der Waals surface area contributed by atoms with Crippen LogP contribution < -0.4 is 5.32 Å². The minimum atomic E-state index is -0.769. The van der Waals surface area contributed by atoms with Crippen molar-refractivity contribution in [3.63, 3.8) is 0 Å². The molecule has 0 aliphatic heterocycles. The molecule has 3 nitrogen and oxygen atoms in total. The van der Waals surface area contributed by atoms with Gasteiger partial charge in [-0.2, -0.15) is 0 Å². The van der Waals surface area contributed by atoms with E-state index in [1.807, 2.05) is 20.8 Å². The maximum Gasteiger partial charge on any atom is 0.105 e. The van der Waals surface area contributed by atoms with Gasteiger partial charge in [-0.15, -0.1) is 0 Å². The third-order valence-electron chi connectivity index (χ3n) is 2.82. The fraction of sp³-hybridized carbons (Fsp3) is 0.667. The summed E-state index contributed by atoms with van der Waals surface area (Å²) >= 11 is 0. The SMILES string of the molecule is Cc1cc(C(C)NCC(C)S(C)=O)c(C)o1. The second-order valence-corrected chi connectivity index (χ2v) is 6.11. The quantitative estimate of drug-likeness (QED) is 0.863. The van der Waals surface area contributed by atoms with E-state index in [-0.39, 0.29) is 11.3 Å². The van der Waals surface area contributed by atoms with Crippen LogP contribution in [-0.4, -0.2) is 22.3 Å². The van der Waals surface area contributed by atoms with Crippen molar-refractivity contribution < 1.29 is 8.63 Å². The summed E-state index contributed by atoms with van der Waals surface area (Å²) in [6.07, 6.45) is 1.74. The molecule has 3 atom stereocenters. The molecule has 4 heteroatoms. The van der Waals surface area contributed by atoms with E-state index in [4.69, 9.17) is 4.42 Å². The first kappa shape index (κ1) is 13.5. The van der Waals surface area contributed by atoms with Gasteiger partial charge in [0.2, 0.25) is 0 Å². The molecule has 0 aliphatic carbocycles. The van der Waals surface area contributed by atoms with Crippen LogP contribution in [0.5, 0.6) is 0 Å². The molecule has 92 valence electrons. The van der Waals surface area contributed by atoms with E-state index < -0.39 is 10.8 Å². The summed E-state index contributed by atoms with van der Waals surface area (Å²) < 4.78 is 16.7. The van der Waals surface area contributed by atoms with Gasteiger partial charge >= 0.3 is 0 Å². The maximum atomic E-state index is 11.2. The summed E-state index contributed by atoms with van der Waals surface area (Å²) in [7, 11) is -0.769. The first-order valence-corrected chi connectivity index (χ1v) is 7.16. The highest BCUT2D eigenvalue weighted by Crippen LogP contribution is 2.20. The first-order chi connectivity index (χ1) is 7.41. The van der Waals surface area contributed by atoms with Gasteiger partial charge in [0.1, 0.15) is 11.5 Å². The zero-order valence-corrected chi connectivity index (χ0v) is 11.5. The largest absolute Gasteiger partial charge is 0.466 e. The zero-order valence-electron chi connectivity index (χ0n) is 10.7. The lowest BCUT2D eigenvalue weighted by Gasteiger charge is -2.15. The highest BCUT2D eigenvalue weighted by atomic mass is 32.2. The van der Waals surface area contributed by atoms with Crippen LogP contribution in [-0.2, 0) is 10.8 Å². The molecule has 16 heavy (non-hydrogen) atoms. The minimum absolute atomic E-state index is 0.177. The molecule has 1 aromatic heterocycles. The van der Waals surface area contributed by atoms with E-state index in [9.17, 15) is 4.21 Å². The number of rotatable bonds is 5. The molecule has 0 bridgehead atoms. The lowest BCUT2D eigenvalue weighted by Crippen LogP contribution is -2.29. The van der Waals surface area contributed by atoms with Crippen LogP contribution in [0.1, 0.15) is 37.0 Å². The van der Waals surface area contributed by atoms with E-state index in [0.29, 0.717) is 0 Å². The van der Waals surface area contributed by atoms with Gasteiger partial charge in [-0.25, -0.2) is 0 Å². The Labute approximate surface area is 100 Å². The van der Waals surface area contributed by atoms with Gasteiger partial charge in [0.15, 0.2) is 0 Å². The monoisotopic (exact) mass is 243 g/mol. The smallest absolute Gasteiger partial charge is 0.105 e. The standard InChI is InChI=1S/C12H21NO2S/c1-8-6-12(11(4)15-8)10(3)13-7-9(2)16(5)14/h6,9-10,13H,7H2,1-5H3. The average molecular weight is 243 g/mol. The number of nitrogens with one attached hydrogen (secondary N) is 1. The predicted octanol–water partition coefficient (Wildman–Crippen LogP) is 2.31. The Morgan fingerprint density at radius 3 is 2.50 bits per heavy atom. The summed E-state index contributed by atoms with van der Waals surface area (Å²) in [6, 6.07) is 2.30. The Bertz CT molecular complexity index is 373. The molecule has 0 aromatic carbocycles. The molecule has 0 saturated heterocycles. The third kappa shape index (κ3) is 3.46. The Balaban J connectivity index is 2.56. The Morgan fingerprint density at radius 1 is 1.44 bits per heavy atom. The Morgan fingerprint density at radius 2 is 2.06 bits per heavy atom. The van der Waals surface area contributed by atoms with Crippen molar-refractivity contribution in [3.8, 4) is 0 Å². The molecule has 0 spiro atoms. The minimum Gasteiger partial charge on any atom is -0.466 e. The predicted molar refractivity (Wildman–Crippen MR) is 68.1 cm³/mol. The lowest BCUT2D eigenvalue weighted by molar-refractivity contribution is 0.490. The number of aryl methyl sites for hydroxylation is 2. The normalized spacial score (nSPS) is 17.1. The van der Waals surface area contributed by atoms with Crippen molar-refractivity contribution in [2.75, 3.05) is 12.8 Å². The van der Waals surface area contributed by atoms with Gasteiger partial charge in [-0.1, -0.05) is 0 Å². The molecule has 1 aromatic rings. The van der Waals surface area contributed by atoms with Crippen molar-refractivity contribution in [1.29, 1.82) is 0 Å². The molecule has 1 rings (SSSR count). The van der Waals surface area contributed by atoms with Crippen LogP contribution in [0, 0.1) is 13.8 Å². The van der Waals surface area contributed by atoms with Crippen LogP contribution in [0.25, 0.3) is 0 Å². The van der Waals surface area contributed by atoms with Crippen molar-refractivity contribution in [2.24, 2.45) is 0 Å². The number of hydrogen-bond donors (Lipinski definition) is 1. The van der Waals surface area contributed by atoms with E-state index >= 15 is 0 Å². The molecule has 0 saturated carbocycles. The molecule has 0 amide bonds. The molecule has 0 radical (unpaired) electrons. The van der Waals surface area contributed by atoms with E-state index in [2.05, 4.69) is 18.3 Å². The average Bonchev–Trinajstić information content (AvgIpc) is 2.53. The second-order valence-electron chi connectivity index (χ2n) is 4.31. The van der Waals surface area contributed by atoms with Gasteiger partial charge in [-0.05, 0) is 33.8 Å². The molecule has 0 aliphatic rings. The van der Waals surface area contributed by atoms with Crippen molar-refractivity contribution in [1.82, 2.24) is 5.32 Å². The van der Waals surface area contributed by atoms with Gasteiger partial charge in [0.25, 0.3) is 0 Å². The number of furan rings is 1. The summed E-state index contributed by atoms with van der Waals surface area (Å²) in [5.74, 6) is 1.90. The van der Waals surface area contributed by atoms with Crippen LogP contribution in [0.3, 0.4) is 0 Å². The summed E-state index contributed by atoms with van der Waals surface area (Å²) in [5.41, 5.74) is 1.19. The van der Waals surface area contributed by atoms with Crippen molar-refractivity contribution in [2.45, 2.75) is 39.0 Å². The fourth-order valence-electron chi connectivity index (χ4n) is 1.65. The van der Waals surface area contributed by atoms with Crippen LogP contribution in [0.2, 0.25) is 0 Å². The summed E-state index contributed by atoms with van der Waals surface area (Å²) in [5, 5.41) is 3.56. The highest BCUT2D eigenvalue weighted by Gasteiger charge is 2.14. The Hall–Kier alpha value is -0.610. The maximum absolute atomic E-state index is 11.2. The van der Waals surface area contributed by atoms with Gasteiger partial charge < -0.3 is 9.73 Å². The lowest BCUT2D eigenvalue weighted by atomic mass is 10.1. The van der Waals surface area contributed by atoms with E-state index in [1.54, 1.807) is 6.26 Å². The third-order valence-corrected chi connectivity index (χ3v) is 4.12. The van der Waals surface area contributed by atoms with Crippen LogP contribution in [0.4, 0.5) is 0 Å². The molecule has 0 fully saturated rings. The van der Waals surface area contributed by atoms with Crippen molar-refractivity contribution in [3.05, 3.63) is 23.2 Å². The van der Waals surface area contributed by atoms with E-state index in [0.717, 1.165) is 18.1 Å². The summed E-state index contributed by atoms with van der Waals surface area (Å²) in [4.78, 5) is 0. The zero-order chi connectivity index (χ0) is 12.3. The van der Waals surface area contributed by atoms with Crippen LogP contribution >= 0.6 is 0 Å². The Kier molecular flexibility index (Phi) is 4.74. The highest BCUT2D eigenvalue weighted by molar-refractivity contribution is 7.84. The van der Waals surface area contributed by atoms with Gasteiger partial charge in [0, 0.05) is 40.5 Å². The summed E-state index contributed by atoms with van der Waals surface area (Å²) in [6.45, 7) is 8.77. The second kappa shape index (κ2) is 5.64. The molecule has 3 unspecified atom stereocenters. The van der Waals surface area contributed by atoms with Gasteiger partial charge in [0.05, 0.1) is 0 Å². The molecule has 1 heterocycles. The van der Waals surface area contributed by atoms with Gasteiger partial charge in [-0.3, -0.25) is 4.21 Å². The number of hydrogen-bond acceptors (Lipinski definition) is 3. The van der Waals surface area contributed by atoms with Crippen molar-refractivity contribution >= 4 is 10.8 Å². The first-order valence-electron chi connectivity index (χ1n) is 5.54. The molecule has 1 N–H and O–H groups in total. The molecular formula is C12H21NO2S. The topological polar surface area (TPSA) is 42.2 Å². The van der Waals surface area contributed by atoms with Crippen LogP contribution in [0.15, 0.2) is 10.5 Å². The molecular weight excluding hydrogens is 222 g/mol. The van der Waals surface area contributed by atoms with E-state index in [1.165, 1.54) is 5.56 Å². The fourth-order valence-corrected chi connectivity index (χ4v) is 1.98.